The van der Waals surface area contributed by atoms with Gasteiger partial charge in [-0.1, -0.05) is 30.4 Å². The summed E-state index contributed by atoms with van der Waals surface area (Å²) in [5.41, 5.74) is 1.24. The van der Waals surface area contributed by atoms with Gasteiger partial charge in [0.15, 0.2) is 0 Å². The average Bonchev–Trinajstić information content (AvgIpc) is 3.57. The third kappa shape index (κ3) is 2.60. The van der Waals surface area contributed by atoms with Gasteiger partial charge in [0, 0.05) is 11.8 Å². The molecule has 7 rings (SSSR count). The van der Waals surface area contributed by atoms with Crippen LogP contribution in [0.4, 0.5) is 11.4 Å². The van der Waals surface area contributed by atoms with Crippen LogP contribution in [0.5, 0.6) is 5.75 Å². The molecule has 0 unspecified atom stereocenters. The molecule has 1 heterocycles. The zero-order valence-electron chi connectivity index (χ0n) is 17.0. The molecule has 1 saturated heterocycles. The number of hydrogen-bond acceptors (Lipinski definition) is 4. The molecule has 3 fully saturated rings. The fraction of sp³-hybridized carbons (Fsp3) is 0.320. The first-order valence-electron chi connectivity index (χ1n) is 10.7. The summed E-state index contributed by atoms with van der Waals surface area (Å²) in [4.78, 5) is 41.3. The topological polar surface area (TPSA) is 75.7 Å². The van der Waals surface area contributed by atoms with Gasteiger partial charge in [-0.3, -0.25) is 14.4 Å². The molecule has 6 nitrogen and oxygen atoms in total. The van der Waals surface area contributed by atoms with Gasteiger partial charge in [0.25, 0.3) is 5.91 Å². The lowest BCUT2D eigenvalue weighted by molar-refractivity contribution is -0.124. The summed E-state index contributed by atoms with van der Waals surface area (Å²) < 4.78 is 5.21. The Morgan fingerprint density at radius 2 is 1.65 bits per heavy atom. The molecule has 3 amide bonds. The Morgan fingerprint density at radius 1 is 0.968 bits per heavy atom. The second-order valence-corrected chi connectivity index (χ2v) is 8.87. The minimum absolute atomic E-state index is 0.152. The minimum Gasteiger partial charge on any atom is -0.497 e. The number of amides is 3. The van der Waals surface area contributed by atoms with E-state index in [0.717, 1.165) is 6.42 Å². The van der Waals surface area contributed by atoms with Crippen molar-refractivity contribution in [1.29, 1.82) is 0 Å². The summed E-state index contributed by atoms with van der Waals surface area (Å²) in [5, 5.41) is 2.85. The number of hydrogen-bond donors (Lipinski definition) is 1. The van der Waals surface area contributed by atoms with Crippen LogP contribution in [0.15, 0.2) is 60.7 Å². The van der Waals surface area contributed by atoms with Crippen molar-refractivity contribution in [2.45, 2.75) is 6.42 Å². The zero-order chi connectivity index (χ0) is 21.3. The minimum atomic E-state index is -0.372. The van der Waals surface area contributed by atoms with Crippen molar-refractivity contribution in [2.75, 3.05) is 17.3 Å². The van der Waals surface area contributed by atoms with Crippen LogP contribution in [-0.4, -0.2) is 24.8 Å². The van der Waals surface area contributed by atoms with Gasteiger partial charge in [-0.05, 0) is 54.4 Å². The van der Waals surface area contributed by atoms with Gasteiger partial charge in [0.05, 0.1) is 30.2 Å². The number of imide groups is 1. The summed E-state index contributed by atoms with van der Waals surface area (Å²) in [6.45, 7) is 0. The van der Waals surface area contributed by atoms with Crippen LogP contribution in [0, 0.1) is 35.5 Å². The van der Waals surface area contributed by atoms with E-state index in [0.29, 0.717) is 34.5 Å². The Labute approximate surface area is 179 Å². The lowest BCUT2D eigenvalue weighted by Crippen LogP contribution is -2.40. The Kier molecular flexibility index (Phi) is 3.88. The Hall–Kier alpha value is -3.41. The SMILES string of the molecule is COc1cccc(NC(=O)c2ccccc2N2C(=O)[C@H]3[C@@H]4C=C[C@@H]([C@H]5C[C@H]45)[C@@H]3C2=O)c1. The third-order valence-corrected chi connectivity index (χ3v) is 7.38. The normalized spacial score (nSPS) is 32.0. The highest BCUT2D eigenvalue weighted by molar-refractivity contribution is 6.25. The lowest BCUT2D eigenvalue weighted by Gasteiger charge is -2.37. The van der Waals surface area contributed by atoms with Crippen molar-refractivity contribution in [2.24, 2.45) is 35.5 Å². The molecule has 0 spiro atoms. The van der Waals surface area contributed by atoms with Crippen molar-refractivity contribution in [3.8, 4) is 5.75 Å². The third-order valence-electron chi connectivity index (χ3n) is 7.38. The summed E-state index contributed by atoms with van der Waals surface area (Å²) in [7, 11) is 1.56. The molecular formula is C25H22N2O4. The zero-order valence-corrected chi connectivity index (χ0v) is 17.0. The number of carbonyl (C=O) groups is 3. The average molecular weight is 414 g/mol. The molecule has 5 aliphatic rings. The predicted molar refractivity (Wildman–Crippen MR) is 115 cm³/mol. The Bertz CT molecular complexity index is 1120. The first-order chi connectivity index (χ1) is 15.1. The molecule has 2 bridgehead atoms. The van der Waals surface area contributed by atoms with E-state index >= 15 is 0 Å². The summed E-state index contributed by atoms with van der Waals surface area (Å²) >= 11 is 0. The number of benzene rings is 2. The number of rotatable bonds is 4. The van der Waals surface area contributed by atoms with Crippen LogP contribution in [0.1, 0.15) is 16.8 Å². The highest BCUT2D eigenvalue weighted by atomic mass is 16.5. The second-order valence-electron chi connectivity index (χ2n) is 8.87. The van der Waals surface area contributed by atoms with Crippen molar-refractivity contribution in [3.05, 3.63) is 66.2 Å². The largest absolute Gasteiger partial charge is 0.497 e. The van der Waals surface area contributed by atoms with E-state index < -0.39 is 0 Å². The number of nitrogens with zero attached hydrogens (tertiary/aromatic N) is 1. The standard InChI is InChI=1S/C25H22N2O4/c1-31-14-6-4-5-13(11-14)26-23(28)17-7-2-3-8-20(17)27-24(29)21-15-9-10-16(19-12-18(15)19)22(21)25(27)30/h2-11,15-16,18-19,21-22H,12H2,1H3,(H,26,28)/t15-,16+,18-,19-,21+,22+/m1/s1. The molecule has 0 aromatic heterocycles. The molecule has 2 saturated carbocycles. The van der Waals surface area contributed by atoms with Gasteiger partial charge in [-0.25, -0.2) is 4.90 Å². The number of allylic oxidation sites excluding steroid dienone is 2. The van der Waals surface area contributed by atoms with Crippen molar-refractivity contribution in [3.63, 3.8) is 0 Å². The fourth-order valence-corrected chi connectivity index (χ4v) is 5.95. The molecule has 6 heteroatoms. The van der Waals surface area contributed by atoms with Gasteiger partial charge >= 0.3 is 0 Å². The monoisotopic (exact) mass is 414 g/mol. The molecule has 156 valence electrons. The smallest absolute Gasteiger partial charge is 0.257 e. The summed E-state index contributed by atoms with van der Waals surface area (Å²) in [5.74, 6) is 0.728. The second kappa shape index (κ2) is 6.54. The van der Waals surface area contributed by atoms with E-state index in [1.54, 1.807) is 55.6 Å². The van der Waals surface area contributed by atoms with E-state index in [2.05, 4.69) is 17.5 Å². The molecule has 2 aromatic rings. The van der Waals surface area contributed by atoms with Crippen LogP contribution in [0.25, 0.3) is 0 Å². The van der Waals surface area contributed by atoms with Crippen molar-refractivity contribution < 1.29 is 19.1 Å². The van der Waals surface area contributed by atoms with Crippen LogP contribution < -0.4 is 15.0 Å². The van der Waals surface area contributed by atoms with Gasteiger partial charge in [0.2, 0.25) is 11.8 Å². The molecule has 1 N–H and O–H groups in total. The molecule has 31 heavy (non-hydrogen) atoms. The Balaban J connectivity index is 1.33. The maximum atomic E-state index is 13.4. The Morgan fingerprint density at radius 3 is 2.32 bits per heavy atom. The van der Waals surface area contributed by atoms with Crippen LogP contribution in [0.2, 0.25) is 0 Å². The lowest BCUT2D eigenvalue weighted by atomic mass is 9.63. The number of methoxy groups -OCH3 is 1. The van der Waals surface area contributed by atoms with E-state index in [-0.39, 0.29) is 41.4 Å². The summed E-state index contributed by atoms with van der Waals surface area (Å²) in [6, 6.07) is 13.9. The highest BCUT2D eigenvalue weighted by Crippen LogP contribution is 2.65. The van der Waals surface area contributed by atoms with Gasteiger partial charge < -0.3 is 10.1 Å². The first-order valence-corrected chi connectivity index (χ1v) is 10.7. The van der Waals surface area contributed by atoms with Gasteiger partial charge in [-0.2, -0.15) is 0 Å². The number of anilines is 2. The number of ether oxygens (including phenoxy) is 1. The van der Waals surface area contributed by atoms with Crippen molar-refractivity contribution >= 4 is 29.1 Å². The van der Waals surface area contributed by atoms with Crippen LogP contribution in [-0.2, 0) is 9.59 Å². The molecule has 4 aliphatic carbocycles. The molecular weight excluding hydrogens is 392 g/mol. The maximum Gasteiger partial charge on any atom is 0.257 e. The first kappa shape index (κ1) is 18.4. The molecule has 2 aromatic carbocycles. The van der Waals surface area contributed by atoms with E-state index in [1.807, 2.05) is 0 Å². The molecule has 0 radical (unpaired) electrons. The van der Waals surface area contributed by atoms with E-state index in [9.17, 15) is 14.4 Å². The number of para-hydroxylation sites is 1. The van der Waals surface area contributed by atoms with Crippen LogP contribution in [0.3, 0.4) is 0 Å². The quantitative estimate of drug-likeness (QED) is 0.614. The highest BCUT2D eigenvalue weighted by Gasteiger charge is 2.67. The number of carbonyl (C=O) groups excluding carboxylic acids is 3. The van der Waals surface area contributed by atoms with E-state index in [1.165, 1.54) is 4.90 Å². The van der Waals surface area contributed by atoms with Crippen molar-refractivity contribution in [1.82, 2.24) is 0 Å². The maximum absolute atomic E-state index is 13.4. The number of nitrogens with one attached hydrogen (secondary N) is 1. The van der Waals surface area contributed by atoms with Gasteiger partial charge in [-0.15, -0.1) is 0 Å². The van der Waals surface area contributed by atoms with Crippen LogP contribution >= 0.6 is 0 Å². The summed E-state index contributed by atoms with van der Waals surface area (Å²) in [6.07, 6.45) is 5.42. The van der Waals surface area contributed by atoms with E-state index in [4.69, 9.17) is 4.74 Å². The van der Waals surface area contributed by atoms with Gasteiger partial charge in [0.1, 0.15) is 5.75 Å². The predicted octanol–water partition coefficient (Wildman–Crippen LogP) is 3.51. The molecule has 6 atom stereocenters. The fourth-order valence-electron chi connectivity index (χ4n) is 5.95. The molecule has 1 aliphatic heterocycles.